The van der Waals surface area contributed by atoms with Gasteiger partial charge in [-0.3, -0.25) is 9.59 Å². The van der Waals surface area contributed by atoms with Crippen molar-refractivity contribution in [2.24, 2.45) is 11.8 Å². The second-order valence-electron chi connectivity index (χ2n) is 8.59. The largest absolute Gasteiger partial charge is 0.481 e. The molecular weight excluding hydrogens is 364 g/mol. The molecule has 2 atom stereocenters. The van der Waals surface area contributed by atoms with Crippen molar-refractivity contribution >= 4 is 11.9 Å². The van der Waals surface area contributed by atoms with Crippen molar-refractivity contribution in [3.05, 3.63) is 12.2 Å². The van der Waals surface area contributed by atoms with Crippen LogP contribution in [0.5, 0.6) is 0 Å². The van der Waals surface area contributed by atoms with E-state index in [1.54, 1.807) is 0 Å². The van der Waals surface area contributed by atoms with E-state index >= 15 is 0 Å². The lowest BCUT2D eigenvalue weighted by Gasteiger charge is -2.26. The Kier molecular flexibility index (Phi) is 15.5. The van der Waals surface area contributed by atoms with Gasteiger partial charge in [-0.25, -0.2) is 0 Å². The zero-order valence-electron chi connectivity index (χ0n) is 18.7. The molecule has 4 nitrogen and oxygen atoms in total. The predicted molar refractivity (Wildman–Crippen MR) is 119 cm³/mol. The quantitative estimate of drug-likeness (QED) is 0.159. The van der Waals surface area contributed by atoms with Crippen LogP contribution in [0, 0.1) is 11.8 Å². The maximum Gasteiger partial charge on any atom is 0.309 e. The lowest BCUT2D eigenvalue weighted by molar-refractivity contribution is -0.159. The first-order valence-electron chi connectivity index (χ1n) is 12.2. The number of unbranched alkanes of at least 4 members (excludes halogenated alkanes) is 11. The second kappa shape index (κ2) is 17.5. The maximum atomic E-state index is 12.2. The van der Waals surface area contributed by atoms with Crippen molar-refractivity contribution in [3.8, 4) is 0 Å². The Hall–Kier alpha value is -1.32. The standard InChI is InChI=1S/C25H44O4/c1-2-3-4-5-6-7-8-9-10-11-12-13-14-15-18-21-29-25(28)23-20-17-16-19-22(23)24(26)27/h12-13,22-23H,2-11,14-21H2,1H3,(H,26,27)/b13-12+. The molecule has 0 radical (unpaired) electrons. The Morgan fingerprint density at radius 1 is 0.793 bits per heavy atom. The first kappa shape index (κ1) is 25.7. The molecule has 0 aromatic rings. The Labute approximate surface area is 178 Å². The van der Waals surface area contributed by atoms with E-state index in [2.05, 4.69) is 19.1 Å². The number of hydrogen-bond donors (Lipinski definition) is 1. The van der Waals surface area contributed by atoms with Gasteiger partial charge in [0.1, 0.15) is 0 Å². The lowest BCUT2D eigenvalue weighted by Crippen LogP contribution is -2.33. The van der Waals surface area contributed by atoms with Crippen LogP contribution in [0.4, 0.5) is 0 Å². The summed E-state index contributed by atoms with van der Waals surface area (Å²) in [4.78, 5) is 23.4. The normalized spacial score (nSPS) is 19.5. The van der Waals surface area contributed by atoms with Crippen molar-refractivity contribution in [2.75, 3.05) is 6.61 Å². The number of esters is 1. The molecule has 1 rings (SSSR count). The van der Waals surface area contributed by atoms with Gasteiger partial charge in [0.2, 0.25) is 0 Å². The monoisotopic (exact) mass is 408 g/mol. The SMILES string of the molecule is CCCCCCCCCCC/C=C/CCCCOC(=O)C1CCCCC1C(=O)O. The molecule has 0 bridgehead atoms. The van der Waals surface area contributed by atoms with Crippen molar-refractivity contribution in [2.45, 2.75) is 116 Å². The number of hydrogen-bond acceptors (Lipinski definition) is 3. The average molecular weight is 409 g/mol. The van der Waals surface area contributed by atoms with Crippen molar-refractivity contribution < 1.29 is 19.4 Å². The number of carbonyl (C=O) groups excluding carboxylic acids is 1. The summed E-state index contributed by atoms with van der Waals surface area (Å²) in [5.41, 5.74) is 0. The summed E-state index contributed by atoms with van der Waals surface area (Å²) in [5.74, 6) is -2.17. The summed E-state index contributed by atoms with van der Waals surface area (Å²) < 4.78 is 5.35. The number of ether oxygens (including phenoxy) is 1. The molecule has 0 aromatic heterocycles. The van der Waals surface area contributed by atoms with Crippen LogP contribution in [-0.2, 0) is 14.3 Å². The summed E-state index contributed by atoms with van der Waals surface area (Å²) in [6.07, 6.45) is 24.0. The third-order valence-electron chi connectivity index (χ3n) is 6.04. The van der Waals surface area contributed by atoms with Gasteiger partial charge in [0.05, 0.1) is 18.4 Å². The van der Waals surface area contributed by atoms with E-state index in [0.29, 0.717) is 19.4 Å². The topological polar surface area (TPSA) is 63.6 Å². The summed E-state index contributed by atoms with van der Waals surface area (Å²) in [5, 5.41) is 9.25. The molecule has 1 fully saturated rings. The van der Waals surface area contributed by atoms with Gasteiger partial charge in [-0.1, -0.05) is 83.3 Å². The fraction of sp³-hybridized carbons (Fsp3) is 0.840. The van der Waals surface area contributed by atoms with Crippen LogP contribution >= 0.6 is 0 Å². The smallest absolute Gasteiger partial charge is 0.309 e. The van der Waals surface area contributed by atoms with Crippen LogP contribution in [0.2, 0.25) is 0 Å². The summed E-state index contributed by atoms with van der Waals surface area (Å²) in [6, 6.07) is 0. The Balaban J connectivity index is 1.92. The first-order valence-corrected chi connectivity index (χ1v) is 12.2. The maximum absolute atomic E-state index is 12.2. The molecule has 0 aliphatic heterocycles. The predicted octanol–water partition coefficient (Wildman–Crippen LogP) is 7.07. The van der Waals surface area contributed by atoms with Crippen LogP contribution in [0.1, 0.15) is 116 Å². The number of carboxylic acids is 1. The van der Waals surface area contributed by atoms with Crippen molar-refractivity contribution in [3.63, 3.8) is 0 Å². The Bertz CT molecular complexity index is 458. The van der Waals surface area contributed by atoms with Gasteiger partial charge in [0.25, 0.3) is 0 Å². The van der Waals surface area contributed by atoms with Gasteiger partial charge in [0.15, 0.2) is 0 Å². The van der Waals surface area contributed by atoms with Gasteiger partial charge in [-0.05, 0) is 44.9 Å². The van der Waals surface area contributed by atoms with Crippen LogP contribution in [-0.4, -0.2) is 23.7 Å². The van der Waals surface area contributed by atoms with Crippen molar-refractivity contribution in [1.29, 1.82) is 0 Å². The number of allylic oxidation sites excluding steroid dienone is 2. The number of carboxylic acid groups (broad SMARTS) is 1. The van der Waals surface area contributed by atoms with E-state index in [1.807, 2.05) is 0 Å². The fourth-order valence-corrected chi connectivity index (χ4v) is 4.16. The summed E-state index contributed by atoms with van der Waals surface area (Å²) >= 11 is 0. The molecule has 0 heterocycles. The van der Waals surface area contributed by atoms with Gasteiger partial charge < -0.3 is 9.84 Å². The summed E-state index contributed by atoms with van der Waals surface area (Å²) in [7, 11) is 0. The van der Waals surface area contributed by atoms with Crippen LogP contribution in [0.3, 0.4) is 0 Å². The van der Waals surface area contributed by atoms with Crippen LogP contribution < -0.4 is 0 Å². The van der Waals surface area contributed by atoms with Gasteiger partial charge in [0, 0.05) is 0 Å². The molecule has 0 spiro atoms. The molecule has 0 amide bonds. The minimum absolute atomic E-state index is 0.307. The van der Waals surface area contributed by atoms with E-state index in [-0.39, 0.29) is 5.97 Å². The summed E-state index contributed by atoms with van der Waals surface area (Å²) in [6.45, 7) is 2.67. The minimum atomic E-state index is -0.858. The van der Waals surface area contributed by atoms with Gasteiger partial charge in [-0.2, -0.15) is 0 Å². The molecule has 0 saturated heterocycles. The molecule has 0 aromatic carbocycles. The van der Waals surface area contributed by atoms with Gasteiger partial charge in [-0.15, -0.1) is 0 Å². The lowest BCUT2D eigenvalue weighted by atomic mass is 9.79. The number of carbonyl (C=O) groups is 2. The zero-order chi connectivity index (χ0) is 21.2. The first-order chi connectivity index (χ1) is 14.2. The van der Waals surface area contributed by atoms with E-state index in [9.17, 15) is 14.7 Å². The molecule has 1 saturated carbocycles. The zero-order valence-corrected chi connectivity index (χ0v) is 18.7. The molecule has 2 unspecified atom stereocenters. The minimum Gasteiger partial charge on any atom is -0.481 e. The molecule has 168 valence electrons. The second-order valence-corrected chi connectivity index (χ2v) is 8.59. The van der Waals surface area contributed by atoms with Crippen LogP contribution in [0.25, 0.3) is 0 Å². The highest BCUT2D eigenvalue weighted by Gasteiger charge is 2.36. The highest BCUT2D eigenvalue weighted by atomic mass is 16.5. The third-order valence-corrected chi connectivity index (χ3v) is 6.04. The number of rotatable bonds is 17. The van der Waals surface area contributed by atoms with Crippen molar-refractivity contribution in [1.82, 2.24) is 0 Å². The molecule has 1 aliphatic rings. The van der Waals surface area contributed by atoms with E-state index in [1.165, 1.54) is 64.2 Å². The number of aliphatic carboxylic acids is 1. The molecule has 1 aliphatic carbocycles. The highest BCUT2D eigenvalue weighted by molar-refractivity contribution is 5.81. The Morgan fingerprint density at radius 2 is 1.31 bits per heavy atom. The van der Waals surface area contributed by atoms with E-state index in [0.717, 1.165) is 32.1 Å². The molecule has 29 heavy (non-hydrogen) atoms. The highest BCUT2D eigenvalue weighted by Crippen LogP contribution is 2.31. The molecular formula is C25H44O4. The molecule has 1 N–H and O–H groups in total. The average Bonchev–Trinajstić information content (AvgIpc) is 2.73. The third kappa shape index (κ3) is 12.8. The van der Waals surface area contributed by atoms with Crippen LogP contribution in [0.15, 0.2) is 12.2 Å². The molecule has 4 heteroatoms. The van der Waals surface area contributed by atoms with E-state index < -0.39 is 17.8 Å². The fourth-order valence-electron chi connectivity index (χ4n) is 4.16. The Morgan fingerprint density at radius 3 is 1.90 bits per heavy atom. The van der Waals surface area contributed by atoms with E-state index in [4.69, 9.17) is 4.74 Å². The van der Waals surface area contributed by atoms with Gasteiger partial charge >= 0.3 is 11.9 Å².